The molecule has 0 radical (unpaired) electrons. The molecular weight excluding hydrogens is 589 g/mol. The molecule has 0 fully saturated rings. The van der Waals surface area contributed by atoms with Crippen LogP contribution in [0.15, 0.2) is 91.0 Å². The SMILES string of the molecule is C=CC1=C2C(=C)c3cc(C)ccc3C2CC(C)c2c1cc1c3c(c(C(=C(CC(C)C(C)C)C(C)C)C(C)C(C)C)ccc23)-c2ccccc2-1. The van der Waals surface area contributed by atoms with Crippen LogP contribution in [0.1, 0.15) is 120 Å². The lowest BCUT2D eigenvalue weighted by molar-refractivity contribution is 0.402. The molecule has 0 aliphatic heterocycles. The van der Waals surface area contributed by atoms with Crippen molar-refractivity contribution >= 4 is 27.5 Å². The van der Waals surface area contributed by atoms with Crippen LogP contribution in [0.2, 0.25) is 0 Å². The zero-order valence-electron chi connectivity index (χ0n) is 31.7. The van der Waals surface area contributed by atoms with E-state index in [1.54, 1.807) is 11.1 Å². The predicted molar refractivity (Wildman–Crippen MR) is 216 cm³/mol. The van der Waals surface area contributed by atoms with Crippen molar-refractivity contribution < 1.29 is 0 Å². The average molecular weight is 645 g/mol. The minimum Gasteiger partial charge on any atom is -0.0984 e. The molecule has 0 amide bonds. The van der Waals surface area contributed by atoms with Crippen molar-refractivity contribution in [3.05, 3.63) is 124 Å². The molecule has 3 aliphatic carbocycles. The number of aryl methyl sites for hydroxylation is 1. The molecular formula is C49H56. The van der Waals surface area contributed by atoms with Crippen LogP contribution in [-0.2, 0) is 0 Å². The van der Waals surface area contributed by atoms with Gasteiger partial charge in [0.2, 0.25) is 0 Å². The van der Waals surface area contributed by atoms with E-state index >= 15 is 0 Å². The summed E-state index contributed by atoms with van der Waals surface area (Å²) in [4.78, 5) is 0. The first-order chi connectivity index (χ1) is 23.3. The highest BCUT2D eigenvalue weighted by Crippen LogP contribution is 2.59. The van der Waals surface area contributed by atoms with Gasteiger partial charge in [-0.15, -0.1) is 0 Å². The van der Waals surface area contributed by atoms with Crippen LogP contribution in [0.5, 0.6) is 0 Å². The monoisotopic (exact) mass is 644 g/mol. The van der Waals surface area contributed by atoms with Gasteiger partial charge < -0.3 is 0 Å². The number of benzene rings is 4. The number of allylic oxidation sites excluding steroid dienone is 6. The molecule has 0 saturated carbocycles. The summed E-state index contributed by atoms with van der Waals surface area (Å²) < 4.78 is 0. The van der Waals surface area contributed by atoms with Gasteiger partial charge in [-0.2, -0.15) is 0 Å². The van der Waals surface area contributed by atoms with E-state index in [0.717, 1.165) is 12.8 Å². The van der Waals surface area contributed by atoms with Crippen molar-refractivity contribution in [1.82, 2.24) is 0 Å². The molecule has 0 N–H and O–H groups in total. The molecule has 49 heavy (non-hydrogen) atoms. The average Bonchev–Trinajstić information content (AvgIpc) is 3.48. The molecule has 4 atom stereocenters. The van der Waals surface area contributed by atoms with Crippen LogP contribution in [0.3, 0.4) is 0 Å². The Balaban J connectivity index is 1.56. The van der Waals surface area contributed by atoms with Crippen LogP contribution in [0, 0.1) is 36.5 Å². The molecule has 0 saturated heterocycles. The zero-order valence-corrected chi connectivity index (χ0v) is 31.7. The third-order valence-electron chi connectivity index (χ3n) is 12.7. The Morgan fingerprint density at radius 3 is 2.18 bits per heavy atom. The summed E-state index contributed by atoms with van der Waals surface area (Å²) in [6.45, 7) is 33.2. The fraction of sp³-hybridized carbons (Fsp3) is 0.388. The quantitative estimate of drug-likeness (QED) is 0.158. The van der Waals surface area contributed by atoms with Crippen LogP contribution >= 0.6 is 0 Å². The molecule has 4 aromatic carbocycles. The molecule has 0 heteroatoms. The lowest BCUT2D eigenvalue weighted by Gasteiger charge is -2.30. The third kappa shape index (κ3) is 5.16. The van der Waals surface area contributed by atoms with E-state index in [0.29, 0.717) is 41.4 Å². The van der Waals surface area contributed by atoms with Crippen LogP contribution in [-0.4, -0.2) is 0 Å². The number of rotatable bonds is 8. The first kappa shape index (κ1) is 33.6. The summed E-state index contributed by atoms with van der Waals surface area (Å²) in [6.07, 6.45) is 4.36. The fourth-order valence-corrected chi connectivity index (χ4v) is 9.41. The summed E-state index contributed by atoms with van der Waals surface area (Å²) in [5, 5.41) is 2.87. The Morgan fingerprint density at radius 2 is 1.53 bits per heavy atom. The van der Waals surface area contributed by atoms with Gasteiger partial charge in [0.15, 0.2) is 0 Å². The first-order valence-electron chi connectivity index (χ1n) is 19.0. The maximum atomic E-state index is 4.72. The van der Waals surface area contributed by atoms with Gasteiger partial charge in [-0.3, -0.25) is 0 Å². The van der Waals surface area contributed by atoms with Crippen molar-refractivity contribution in [3.8, 4) is 22.3 Å². The van der Waals surface area contributed by atoms with Crippen molar-refractivity contribution in [3.63, 3.8) is 0 Å². The normalized spacial score (nSPS) is 19.6. The summed E-state index contributed by atoms with van der Waals surface area (Å²) in [5.74, 6) is 3.49. The Labute approximate surface area is 296 Å². The van der Waals surface area contributed by atoms with Gasteiger partial charge in [0.1, 0.15) is 0 Å². The van der Waals surface area contributed by atoms with E-state index in [4.69, 9.17) is 6.58 Å². The predicted octanol–water partition coefficient (Wildman–Crippen LogP) is 14.4. The Hall–Kier alpha value is -3.90. The molecule has 252 valence electrons. The topological polar surface area (TPSA) is 0 Å². The molecule has 0 bridgehead atoms. The second-order valence-electron chi connectivity index (χ2n) is 16.7. The van der Waals surface area contributed by atoms with E-state index in [-0.39, 0.29) is 0 Å². The second kappa shape index (κ2) is 12.5. The molecule has 4 unspecified atom stereocenters. The Morgan fingerprint density at radius 1 is 0.816 bits per heavy atom. The lowest BCUT2D eigenvalue weighted by Crippen LogP contribution is -2.16. The molecule has 0 spiro atoms. The number of hydrogen-bond donors (Lipinski definition) is 0. The van der Waals surface area contributed by atoms with E-state index in [9.17, 15) is 0 Å². The molecule has 0 heterocycles. The van der Waals surface area contributed by atoms with E-state index in [1.165, 1.54) is 83.1 Å². The maximum absolute atomic E-state index is 4.72. The lowest BCUT2D eigenvalue weighted by atomic mass is 9.74. The van der Waals surface area contributed by atoms with Crippen LogP contribution in [0.25, 0.3) is 49.7 Å². The Bertz CT molecular complexity index is 2090. The number of hydrogen-bond acceptors (Lipinski definition) is 0. The van der Waals surface area contributed by atoms with Crippen molar-refractivity contribution in [1.29, 1.82) is 0 Å². The Kier molecular flexibility index (Phi) is 8.54. The minimum absolute atomic E-state index is 0.337. The summed E-state index contributed by atoms with van der Waals surface area (Å²) in [6, 6.07) is 23.8. The molecule has 0 nitrogen and oxygen atoms in total. The van der Waals surface area contributed by atoms with Gasteiger partial charge >= 0.3 is 0 Å². The first-order valence-corrected chi connectivity index (χ1v) is 19.0. The minimum atomic E-state index is 0.337. The third-order valence-corrected chi connectivity index (χ3v) is 12.7. The van der Waals surface area contributed by atoms with Crippen molar-refractivity contribution in [2.45, 2.75) is 93.9 Å². The van der Waals surface area contributed by atoms with Gasteiger partial charge in [-0.25, -0.2) is 0 Å². The summed E-state index contributed by atoms with van der Waals surface area (Å²) >= 11 is 0. The van der Waals surface area contributed by atoms with Gasteiger partial charge in [0, 0.05) is 5.92 Å². The van der Waals surface area contributed by atoms with Crippen molar-refractivity contribution in [2.24, 2.45) is 29.6 Å². The van der Waals surface area contributed by atoms with Crippen LogP contribution < -0.4 is 0 Å². The van der Waals surface area contributed by atoms with E-state index in [2.05, 4.69) is 143 Å². The zero-order chi connectivity index (χ0) is 35.0. The molecule has 0 aromatic heterocycles. The van der Waals surface area contributed by atoms with E-state index < -0.39 is 0 Å². The molecule has 3 aliphatic rings. The highest BCUT2D eigenvalue weighted by molar-refractivity contribution is 6.20. The largest absolute Gasteiger partial charge is 0.0984 e. The van der Waals surface area contributed by atoms with Gasteiger partial charge in [-0.05, 0) is 144 Å². The standard InChI is InChI=1S/C49H56/c1-13-34-43-25-44-35-16-14-15-17-37(35)48-39(46(32(11)27(4)5)40(28(6)7)23-30(9)26(2)3)21-20-38(49(44)48)45(43)31(10)24-42-36-19-18-29(8)22-41(36)33(12)47(34)42/h13-22,25-28,30-32,42H,1,12,23-24H2,2-11H3. The highest BCUT2D eigenvalue weighted by Gasteiger charge is 2.39. The van der Waals surface area contributed by atoms with Crippen LogP contribution in [0.4, 0.5) is 0 Å². The fourth-order valence-electron chi connectivity index (χ4n) is 9.41. The van der Waals surface area contributed by atoms with Gasteiger partial charge in [0.25, 0.3) is 0 Å². The summed E-state index contributed by atoms with van der Waals surface area (Å²) in [7, 11) is 0. The van der Waals surface area contributed by atoms with Gasteiger partial charge in [-0.1, -0.05) is 147 Å². The van der Waals surface area contributed by atoms with Crippen molar-refractivity contribution in [2.75, 3.05) is 0 Å². The second-order valence-corrected chi connectivity index (χ2v) is 16.7. The van der Waals surface area contributed by atoms with E-state index in [1.807, 2.05) is 0 Å². The maximum Gasteiger partial charge on any atom is 0.0113 e. The smallest absolute Gasteiger partial charge is 0.0113 e. The highest BCUT2D eigenvalue weighted by atomic mass is 14.4. The number of fused-ring (bicyclic) bond motifs is 8. The molecule has 7 rings (SSSR count). The summed E-state index contributed by atoms with van der Waals surface area (Å²) in [5.41, 5.74) is 21.0. The molecule has 4 aromatic rings. The van der Waals surface area contributed by atoms with Gasteiger partial charge in [0.05, 0.1) is 0 Å².